The van der Waals surface area contributed by atoms with Gasteiger partial charge < -0.3 is 5.32 Å². The van der Waals surface area contributed by atoms with E-state index in [0.717, 1.165) is 6.42 Å². The summed E-state index contributed by atoms with van der Waals surface area (Å²) >= 11 is 0. The van der Waals surface area contributed by atoms with Crippen LogP contribution in [0.3, 0.4) is 0 Å². The van der Waals surface area contributed by atoms with Crippen LogP contribution in [0.2, 0.25) is 0 Å². The highest BCUT2D eigenvalue weighted by Gasteiger charge is 2.04. The van der Waals surface area contributed by atoms with Gasteiger partial charge in [-0.05, 0) is 26.3 Å². The van der Waals surface area contributed by atoms with E-state index in [0.29, 0.717) is 19.0 Å². The van der Waals surface area contributed by atoms with E-state index in [1.807, 2.05) is 0 Å². The average molecular weight is 223 g/mol. The summed E-state index contributed by atoms with van der Waals surface area (Å²) in [5.41, 5.74) is 0. The normalized spacial score (nSPS) is 14.2. The molecule has 0 rings (SSSR count). The van der Waals surface area contributed by atoms with Crippen molar-refractivity contribution in [2.75, 3.05) is 12.3 Å². The number of hydrogen-bond acceptors (Lipinski definition) is 3. The third kappa shape index (κ3) is 9.95. The lowest BCUT2D eigenvalue weighted by Gasteiger charge is -2.12. The van der Waals surface area contributed by atoms with Crippen LogP contribution in [0.4, 0.5) is 0 Å². The minimum Gasteiger partial charge on any atom is -0.314 e. The van der Waals surface area contributed by atoms with Gasteiger partial charge in [0.15, 0.2) is 0 Å². The first-order valence-corrected chi connectivity index (χ1v) is 6.75. The first-order valence-electron chi connectivity index (χ1n) is 5.14. The van der Waals surface area contributed by atoms with Gasteiger partial charge in [-0.1, -0.05) is 19.8 Å². The summed E-state index contributed by atoms with van der Waals surface area (Å²) < 4.78 is 29.2. The molecule has 2 N–H and O–H groups in total. The molecule has 14 heavy (non-hydrogen) atoms. The van der Waals surface area contributed by atoms with Crippen LogP contribution in [0.15, 0.2) is 0 Å². The smallest absolute Gasteiger partial charge is 0.264 e. The Morgan fingerprint density at radius 3 is 2.50 bits per heavy atom. The van der Waals surface area contributed by atoms with E-state index in [2.05, 4.69) is 19.2 Å². The second-order valence-corrected chi connectivity index (χ2v) is 5.21. The van der Waals surface area contributed by atoms with Crippen molar-refractivity contribution in [1.29, 1.82) is 0 Å². The SMILES string of the molecule is CCCCC(C)NCCCS(=O)(=O)O. The highest BCUT2D eigenvalue weighted by atomic mass is 32.2. The molecule has 0 spiro atoms. The standard InChI is InChI=1S/C9H21NO3S/c1-3-4-6-9(2)10-7-5-8-14(11,12)13/h9-10H,3-8H2,1-2H3,(H,11,12,13). The molecule has 0 aliphatic carbocycles. The Kier molecular flexibility index (Phi) is 7.13. The van der Waals surface area contributed by atoms with Crippen molar-refractivity contribution < 1.29 is 13.0 Å². The van der Waals surface area contributed by atoms with Crippen molar-refractivity contribution in [3.63, 3.8) is 0 Å². The number of rotatable bonds is 8. The van der Waals surface area contributed by atoms with Crippen LogP contribution >= 0.6 is 0 Å². The van der Waals surface area contributed by atoms with E-state index < -0.39 is 10.1 Å². The Balaban J connectivity index is 3.36. The lowest BCUT2D eigenvalue weighted by molar-refractivity contribution is 0.470. The summed E-state index contributed by atoms with van der Waals surface area (Å²) in [6.45, 7) is 4.87. The lowest BCUT2D eigenvalue weighted by Crippen LogP contribution is -2.28. The summed E-state index contributed by atoms with van der Waals surface area (Å²) in [7, 11) is -3.78. The van der Waals surface area contributed by atoms with Crippen LogP contribution in [-0.2, 0) is 10.1 Å². The van der Waals surface area contributed by atoms with Crippen LogP contribution in [0.25, 0.3) is 0 Å². The molecule has 0 aromatic heterocycles. The molecular formula is C9H21NO3S. The molecule has 0 aliphatic heterocycles. The van der Waals surface area contributed by atoms with Crippen molar-refractivity contribution in [2.45, 2.75) is 45.6 Å². The molecule has 0 aliphatic rings. The van der Waals surface area contributed by atoms with Crippen molar-refractivity contribution in [2.24, 2.45) is 0 Å². The summed E-state index contributed by atoms with van der Waals surface area (Å²) in [5.74, 6) is -0.152. The largest absolute Gasteiger partial charge is 0.314 e. The zero-order valence-electron chi connectivity index (χ0n) is 8.99. The molecule has 0 saturated heterocycles. The van der Waals surface area contributed by atoms with Gasteiger partial charge in [-0.15, -0.1) is 0 Å². The van der Waals surface area contributed by atoms with E-state index in [-0.39, 0.29) is 5.75 Å². The van der Waals surface area contributed by atoms with E-state index in [9.17, 15) is 8.42 Å². The summed E-state index contributed by atoms with van der Waals surface area (Å²) in [6, 6.07) is 0.427. The molecule has 0 saturated carbocycles. The zero-order valence-corrected chi connectivity index (χ0v) is 9.81. The minimum atomic E-state index is -3.78. The maximum atomic E-state index is 10.4. The molecule has 0 radical (unpaired) electrons. The Morgan fingerprint density at radius 2 is 2.00 bits per heavy atom. The van der Waals surface area contributed by atoms with E-state index in [4.69, 9.17) is 4.55 Å². The van der Waals surface area contributed by atoms with Gasteiger partial charge in [0.25, 0.3) is 10.1 Å². The number of nitrogens with one attached hydrogen (secondary N) is 1. The molecule has 4 nitrogen and oxygen atoms in total. The second-order valence-electron chi connectivity index (χ2n) is 3.64. The quantitative estimate of drug-likeness (QED) is 0.482. The third-order valence-electron chi connectivity index (χ3n) is 2.06. The summed E-state index contributed by atoms with van der Waals surface area (Å²) in [4.78, 5) is 0. The molecule has 86 valence electrons. The third-order valence-corrected chi connectivity index (χ3v) is 2.87. The fourth-order valence-electron chi connectivity index (χ4n) is 1.22. The first kappa shape index (κ1) is 13.9. The average Bonchev–Trinajstić information content (AvgIpc) is 2.07. The van der Waals surface area contributed by atoms with Crippen LogP contribution < -0.4 is 5.32 Å². The van der Waals surface area contributed by atoms with E-state index in [1.54, 1.807) is 0 Å². The number of hydrogen-bond donors (Lipinski definition) is 2. The van der Waals surface area contributed by atoms with Crippen molar-refractivity contribution in [3.05, 3.63) is 0 Å². The van der Waals surface area contributed by atoms with Gasteiger partial charge in [0.1, 0.15) is 0 Å². The maximum absolute atomic E-state index is 10.4. The molecule has 0 bridgehead atoms. The van der Waals surface area contributed by atoms with Gasteiger partial charge in [-0.3, -0.25) is 4.55 Å². The molecule has 5 heteroatoms. The monoisotopic (exact) mass is 223 g/mol. The molecule has 1 unspecified atom stereocenters. The summed E-state index contributed by atoms with van der Waals surface area (Å²) in [6.07, 6.45) is 3.95. The molecular weight excluding hydrogens is 202 g/mol. The molecule has 0 fully saturated rings. The maximum Gasteiger partial charge on any atom is 0.264 e. The van der Waals surface area contributed by atoms with Crippen molar-refractivity contribution in [3.8, 4) is 0 Å². The topological polar surface area (TPSA) is 66.4 Å². The highest BCUT2D eigenvalue weighted by molar-refractivity contribution is 7.85. The van der Waals surface area contributed by atoms with Crippen LogP contribution in [0, 0.1) is 0 Å². The predicted octanol–water partition coefficient (Wildman–Crippen LogP) is 1.43. The zero-order chi connectivity index (χ0) is 11.0. The van der Waals surface area contributed by atoms with Gasteiger partial charge in [-0.2, -0.15) is 8.42 Å². The molecule has 0 heterocycles. The lowest BCUT2D eigenvalue weighted by atomic mass is 10.1. The fraction of sp³-hybridized carbons (Fsp3) is 1.00. The first-order chi connectivity index (χ1) is 6.45. The van der Waals surface area contributed by atoms with E-state index in [1.165, 1.54) is 12.8 Å². The molecule has 0 amide bonds. The number of unbranched alkanes of at least 4 members (excludes halogenated alkanes) is 1. The van der Waals surface area contributed by atoms with Crippen molar-refractivity contribution in [1.82, 2.24) is 5.32 Å². The Labute approximate surface area is 86.8 Å². The molecule has 0 aromatic rings. The minimum absolute atomic E-state index is 0.152. The van der Waals surface area contributed by atoms with Gasteiger partial charge in [0.05, 0.1) is 5.75 Å². The Bertz CT molecular complexity index is 226. The predicted molar refractivity (Wildman–Crippen MR) is 58.0 cm³/mol. The molecule has 1 atom stereocenters. The van der Waals surface area contributed by atoms with Crippen LogP contribution in [0.5, 0.6) is 0 Å². The second kappa shape index (κ2) is 7.20. The van der Waals surface area contributed by atoms with Crippen molar-refractivity contribution >= 4 is 10.1 Å². The van der Waals surface area contributed by atoms with Gasteiger partial charge in [0, 0.05) is 6.04 Å². The summed E-state index contributed by atoms with van der Waals surface area (Å²) in [5, 5.41) is 3.21. The Hall–Kier alpha value is -0.130. The van der Waals surface area contributed by atoms with Gasteiger partial charge >= 0.3 is 0 Å². The van der Waals surface area contributed by atoms with Crippen LogP contribution in [-0.4, -0.2) is 31.3 Å². The van der Waals surface area contributed by atoms with Gasteiger partial charge in [-0.25, -0.2) is 0 Å². The van der Waals surface area contributed by atoms with Gasteiger partial charge in [0.2, 0.25) is 0 Å². The van der Waals surface area contributed by atoms with Crippen LogP contribution in [0.1, 0.15) is 39.5 Å². The molecule has 0 aromatic carbocycles. The van der Waals surface area contributed by atoms with E-state index >= 15 is 0 Å². The Morgan fingerprint density at radius 1 is 1.36 bits per heavy atom. The highest BCUT2D eigenvalue weighted by Crippen LogP contribution is 1.99. The fourth-order valence-corrected chi connectivity index (χ4v) is 1.72.